The van der Waals surface area contributed by atoms with Crippen molar-refractivity contribution in [1.29, 1.82) is 0 Å². The lowest BCUT2D eigenvalue weighted by molar-refractivity contribution is -0.133. The summed E-state index contributed by atoms with van der Waals surface area (Å²) in [5, 5.41) is 7.19. The minimum atomic E-state index is 0.386. The molecule has 2 aliphatic heterocycles. The summed E-state index contributed by atoms with van der Waals surface area (Å²) in [5.41, 5.74) is 0. The molecule has 1 atom stereocenters. The summed E-state index contributed by atoms with van der Waals surface area (Å²) in [5.74, 6) is 0.808. The number of piperidine rings is 1. The maximum atomic E-state index is 11.9. The van der Waals surface area contributed by atoms with Gasteiger partial charge in [-0.05, 0) is 45.1 Å². The van der Waals surface area contributed by atoms with Crippen molar-refractivity contribution in [2.24, 2.45) is 5.92 Å². The molecule has 2 N–H and O–H groups in total. The number of nitrogens with one attached hydrogen (secondary N) is 2. The third kappa shape index (κ3) is 3.04. The van der Waals surface area contributed by atoms with Crippen LogP contribution >= 0.6 is 0 Å². The van der Waals surface area contributed by atoms with Gasteiger partial charge in [0, 0.05) is 37.6 Å². The van der Waals surface area contributed by atoms with Crippen LogP contribution < -0.4 is 10.6 Å². The summed E-state index contributed by atoms with van der Waals surface area (Å²) < 4.78 is 0. The van der Waals surface area contributed by atoms with Crippen LogP contribution in [0.5, 0.6) is 0 Å². The van der Waals surface area contributed by atoms with Crippen molar-refractivity contribution in [2.45, 2.75) is 50.6 Å². The highest BCUT2D eigenvalue weighted by Gasteiger charge is 2.34. The predicted octanol–water partition coefficient (Wildman–Crippen LogP) is 0.729. The highest BCUT2D eigenvalue weighted by Crippen LogP contribution is 2.31. The Morgan fingerprint density at radius 2 is 1.94 bits per heavy atom. The number of hydrogen-bond acceptors (Lipinski definition) is 3. The summed E-state index contributed by atoms with van der Waals surface area (Å²) in [4.78, 5) is 14.0. The number of rotatable bonds is 4. The second-order valence-electron chi connectivity index (χ2n) is 6.08. The summed E-state index contributed by atoms with van der Waals surface area (Å²) in [6, 6.07) is 1.30. The zero-order chi connectivity index (χ0) is 12.4. The molecule has 2 saturated heterocycles. The molecule has 1 aliphatic carbocycles. The number of likely N-dealkylation sites (tertiary alicyclic amines) is 1. The lowest BCUT2D eigenvalue weighted by Gasteiger charge is -2.33. The Morgan fingerprint density at radius 3 is 2.56 bits per heavy atom. The summed E-state index contributed by atoms with van der Waals surface area (Å²) in [7, 11) is 0. The summed E-state index contributed by atoms with van der Waals surface area (Å²) >= 11 is 0. The Labute approximate surface area is 109 Å². The van der Waals surface area contributed by atoms with Crippen LogP contribution in [-0.2, 0) is 4.79 Å². The Kier molecular flexibility index (Phi) is 3.85. The number of carbonyl (C=O) groups is 1. The van der Waals surface area contributed by atoms with Crippen molar-refractivity contribution in [1.82, 2.24) is 15.5 Å². The van der Waals surface area contributed by atoms with Crippen LogP contribution in [0.2, 0.25) is 0 Å². The van der Waals surface area contributed by atoms with Crippen LogP contribution in [0.1, 0.15) is 38.5 Å². The topological polar surface area (TPSA) is 44.4 Å². The van der Waals surface area contributed by atoms with Gasteiger partial charge < -0.3 is 15.5 Å². The van der Waals surface area contributed by atoms with Crippen LogP contribution in [0.15, 0.2) is 0 Å². The molecule has 4 heteroatoms. The van der Waals surface area contributed by atoms with Crippen molar-refractivity contribution in [2.75, 3.05) is 26.2 Å². The molecular weight excluding hydrogens is 226 g/mol. The molecule has 0 spiro atoms. The lowest BCUT2D eigenvalue weighted by atomic mass is 10.0. The monoisotopic (exact) mass is 251 g/mol. The van der Waals surface area contributed by atoms with Crippen molar-refractivity contribution >= 4 is 5.91 Å². The van der Waals surface area contributed by atoms with E-state index in [-0.39, 0.29) is 0 Å². The first kappa shape index (κ1) is 12.4. The number of amides is 1. The van der Waals surface area contributed by atoms with Gasteiger partial charge in [-0.1, -0.05) is 0 Å². The maximum absolute atomic E-state index is 11.9. The molecule has 0 aromatic rings. The van der Waals surface area contributed by atoms with Gasteiger partial charge >= 0.3 is 0 Å². The Balaban J connectivity index is 1.35. The normalized spacial score (nSPS) is 29.8. The third-order valence-corrected chi connectivity index (χ3v) is 4.55. The van der Waals surface area contributed by atoms with E-state index in [0.29, 0.717) is 23.9 Å². The second-order valence-corrected chi connectivity index (χ2v) is 6.08. The van der Waals surface area contributed by atoms with E-state index in [4.69, 9.17) is 0 Å². The Bertz CT molecular complexity index is 289. The van der Waals surface area contributed by atoms with Crippen LogP contribution in [-0.4, -0.2) is 49.1 Å². The first-order valence-corrected chi connectivity index (χ1v) is 7.58. The second kappa shape index (κ2) is 5.57. The number of carbonyl (C=O) groups excluding carboxylic acids is 1. The quantitative estimate of drug-likeness (QED) is 0.774. The standard InChI is InChI=1S/C14H25N3O/c18-14(11-3-4-11)17-8-5-12(6-9-17)16-10-13-2-1-7-15-13/h11-13,15-16H,1-10H2. The minimum Gasteiger partial charge on any atom is -0.342 e. The maximum Gasteiger partial charge on any atom is 0.225 e. The van der Waals surface area contributed by atoms with Crippen LogP contribution in [0.4, 0.5) is 0 Å². The largest absolute Gasteiger partial charge is 0.342 e. The molecule has 3 fully saturated rings. The molecule has 2 heterocycles. The molecule has 0 aromatic heterocycles. The van der Waals surface area contributed by atoms with Gasteiger partial charge in [-0.3, -0.25) is 4.79 Å². The SMILES string of the molecule is O=C(C1CC1)N1CCC(NCC2CCCN2)CC1. The molecule has 1 unspecified atom stereocenters. The van der Waals surface area contributed by atoms with Crippen LogP contribution in [0, 0.1) is 5.92 Å². The molecule has 1 amide bonds. The highest BCUT2D eigenvalue weighted by molar-refractivity contribution is 5.81. The van der Waals surface area contributed by atoms with E-state index in [1.165, 1.54) is 19.4 Å². The molecule has 1 saturated carbocycles. The molecule has 0 bridgehead atoms. The number of nitrogens with zero attached hydrogens (tertiary/aromatic N) is 1. The van der Waals surface area contributed by atoms with Gasteiger partial charge in [0.25, 0.3) is 0 Å². The molecule has 3 aliphatic rings. The van der Waals surface area contributed by atoms with Gasteiger partial charge in [-0.15, -0.1) is 0 Å². The first-order valence-electron chi connectivity index (χ1n) is 7.58. The molecular formula is C14H25N3O. The molecule has 0 radical (unpaired) electrons. The van der Waals surface area contributed by atoms with Gasteiger partial charge in [0.15, 0.2) is 0 Å². The van der Waals surface area contributed by atoms with Crippen LogP contribution in [0.25, 0.3) is 0 Å². The first-order chi connectivity index (χ1) is 8.83. The molecule has 102 valence electrons. The van der Waals surface area contributed by atoms with E-state index < -0.39 is 0 Å². The average Bonchev–Trinajstić information content (AvgIpc) is 3.13. The van der Waals surface area contributed by atoms with Gasteiger partial charge in [-0.25, -0.2) is 0 Å². The fourth-order valence-corrected chi connectivity index (χ4v) is 3.13. The number of hydrogen-bond donors (Lipinski definition) is 2. The Hall–Kier alpha value is -0.610. The molecule has 3 rings (SSSR count). The van der Waals surface area contributed by atoms with Gasteiger partial charge in [0.2, 0.25) is 5.91 Å². The van der Waals surface area contributed by atoms with Gasteiger partial charge in [0.1, 0.15) is 0 Å². The predicted molar refractivity (Wildman–Crippen MR) is 71.4 cm³/mol. The lowest BCUT2D eigenvalue weighted by Crippen LogP contribution is -2.47. The van der Waals surface area contributed by atoms with Crippen molar-refractivity contribution in [3.05, 3.63) is 0 Å². The van der Waals surface area contributed by atoms with Crippen molar-refractivity contribution < 1.29 is 4.79 Å². The third-order valence-electron chi connectivity index (χ3n) is 4.55. The fourth-order valence-electron chi connectivity index (χ4n) is 3.13. The molecule has 18 heavy (non-hydrogen) atoms. The van der Waals surface area contributed by atoms with Gasteiger partial charge in [-0.2, -0.15) is 0 Å². The van der Waals surface area contributed by atoms with Crippen LogP contribution in [0.3, 0.4) is 0 Å². The molecule has 4 nitrogen and oxygen atoms in total. The fraction of sp³-hybridized carbons (Fsp3) is 0.929. The average molecular weight is 251 g/mol. The van der Waals surface area contributed by atoms with E-state index in [9.17, 15) is 4.79 Å². The summed E-state index contributed by atoms with van der Waals surface area (Å²) in [6.45, 7) is 4.21. The van der Waals surface area contributed by atoms with Gasteiger partial charge in [0.05, 0.1) is 0 Å². The Morgan fingerprint density at radius 1 is 1.17 bits per heavy atom. The van der Waals surface area contributed by atoms with E-state index in [0.717, 1.165) is 45.3 Å². The van der Waals surface area contributed by atoms with Crippen molar-refractivity contribution in [3.8, 4) is 0 Å². The van der Waals surface area contributed by atoms with E-state index >= 15 is 0 Å². The highest BCUT2D eigenvalue weighted by atomic mass is 16.2. The zero-order valence-electron chi connectivity index (χ0n) is 11.2. The zero-order valence-corrected chi connectivity index (χ0v) is 11.2. The van der Waals surface area contributed by atoms with E-state index in [2.05, 4.69) is 15.5 Å². The minimum absolute atomic E-state index is 0.386. The van der Waals surface area contributed by atoms with Crippen molar-refractivity contribution in [3.63, 3.8) is 0 Å². The summed E-state index contributed by atoms with van der Waals surface area (Å²) in [6.07, 6.45) is 7.15. The van der Waals surface area contributed by atoms with E-state index in [1.54, 1.807) is 0 Å². The smallest absolute Gasteiger partial charge is 0.225 e. The van der Waals surface area contributed by atoms with E-state index in [1.807, 2.05) is 0 Å². The molecule has 0 aromatic carbocycles.